The summed E-state index contributed by atoms with van der Waals surface area (Å²) in [5, 5.41) is 11.6. The largest absolute Gasteiger partial charge is 0.357 e. The van der Waals surface area contributed by atoms with Crippen molar-refractivity contribution in [1.29, 1.82) is 5.26 Å². The number of carbonyl (C=O) groups excluding carboxylic acids is 1. The Morgan fingerprint density at radius 1 is 1.60 bits per heavy atom. The molecule has 0 bridgehead atoms. The van der Waals surface area contributed by atoms with E-state index >= 15 is 0 Å². The molecule has 1 N–H and O–H groups in total. The normalized spacial score (nSPS) is 12.1. The number of nitriles is 1. The summed E-state index contributed by atoms with van der Waals surface area (Å²) >= 11 is 5.81. The number of benzene rings is 1. The number of nitrogens with one attached hydrogen (secondary N) is 1. The van der Waals surface area contributed by atoms with E-state index in [9.17, 15) is 4.79 Å². The molecule has 0 saturated carbocycles. The number of likely N-dealkylation sites (N-methyl/N-ethyl adjacent to an activating group) is 1. The lowest BCUT2D eigenvalue weighted by Gasteiger charge is -2.16. The quantitative estimate of drug-likeness (QED) is 0.876. The highest BCUT2D eigenvalue weighted by molar-refractivity contribution is 6.17. The lowest BCUT2D eigenvalue weighted by atomic mass is 10.2. The third kappa shape index (κ3) is 2.47. The fourth-order valence-electron chi connectivity index (χ4n) is 2.23. The van der Waals surface area contributed by atoms with E-state index in [2.05, 4.69) is 16.4 Å². The lowest BCUT2D eigenvalue weighted by molar-refractivity contribution is -0.123. The van der Waals surface area contributed by atoms with E-state index in [1.165, 1.54) is 0 Å². The second-order valence-electron chi connectivity index (χ2n) is 4.44. The zero-order valence-corrected chi connectivity index (χ0v) is 12.1. The van der Waals surface area contributed by atoms with E-state index in [0.717, 1.165) is 16.9 Å². The van der Waals surface area contributed by atoms with E-state index in [1.54, 1.807) is 32.2 Å². The number of aryl methyl sites for hydroxylation is 1. The summed E-state index contributed by atoms with van der Waals surface area (Å²) in [7, 11) is 1.60. The van der Waals surface area contributed by atoms with E-state index in [0.29, 0.717) is 17.9 Å². The van der Waals surface area contributed by atoms with Crippen LogP contribution >= 0.6 is 11.6 Å². The molecule has 1 aromatic heterocycles. The van der Waals surface area contributed by atoms with Crippen LogP contribution in [-0.2, 0) is 11.2 Å². The van der Waals surface area contributed by atoms with Crippen LogP contribution < -0.4 is 5.32 Å². The van der Waals surface area contributed by atoms with Crippen LogP contribution in [0.15, 0.2) is 18.2 Å². The van der Waals surface area contributed by atoms with Crippen LogP contribution in [0.5, 0.6) is 0 Å². The number of imidazole rings is 1. The Hall–Kier alpha value is -2.06. The highest BCUT2D eigenvalue weighted by Crippen LogP contribution is 2.23. The van der Waals surface area contributed by atoms with Crippen molar-refractivity contribution in [2.75, 3.05) is 12.9 Å². The summed E-state index contributed by atoms with van der Waals surface area (Å²) in [6, 6.07) is 6.95. The maximum absolute atomic E-state index is 11.9. The number of hydrogen-bond acceptors (Lipinski definition) is 3. The van der Waals surface area contributed by atoms with Crippen molar-refractivity contribution in [3.63, 3.8) is 0 Å². The second kappa shape index (κ2) is 5.93. The number of alkyl halides is 1. The highest BCUT2D eigenvalue weighted by atomic mass is 35.5. The number of fused-ring (bicyclic) bond motifs is 1. The molecule has 0 aliphatic carbocycles. The monoisotopic (exact) mass is 290 g/mol. The number of rotatable bonds is 4. The number of carbonyl (C=O) groups is 1. The maximum Gasteiger partial charge on any atom is 0.242 e. The number of nitrogens with zero attached hydrogens (tertiary/aromatic N) is 3. The Bertz CT molecular complexity index is 686. The first-order valence-electron chi connectivity index (χ1n) is 6.31. The Balaban J connectivity index is 2.66. The maximum atomic E-state index is 11.9. The number of hydrogen-bond donors (Lipinski definition) is 1. The van der Waals surface area contributed by atoms with Gasteiger partial charge >= 0.3 is 0 Å². The minimum Gasteiger partial charge on any atom is -0.357 e. The van der Waals surface area contributed by atoms with Crippen molar-refractivity contribution in [3.8, 4) is 6.07 Å². The summed E-state index contributed by atoms with van der Waals surface area (Å²) < 4.78 is 1.84. The topological polar surface area (TPSA) is 70.7 Å². The molecular weight excluding hydrogens is 276 g/mol. The molecule has 1 heterocycles. The van der Waals surface area contributed by atoms with Gasteiger partial charge in [0.05, 0.1) is 22.7 Å². The summed E-state index contributed by atoms with van der Waals surface area (Å²) in [4.78, 5) is 16.4. The fraction of sp³-hybridized carbons (Fsp3) is 0.357. The SMILES string of the molecule is CNC(=O)C(C)n1c(CCCl)nc2ccc(C#N)cc21. The summed E-state index contributed by atoms with van der Waals surface area (Å²) in [6.45, 7) is 1.80. The predicted molar refractivity (Wildman–Crippen MR) is 77.6 cm³/mol. The Morgan fingerprint density at radius 2 is 2.35 bits per heavy atom. The summed E-state index contributed by atoms with van der Waals surface area (Å²) in [5.41, 5.74) is 2.08. The minimum atomic E-state index is -0.405. The number of aromatic nitrogens is 2. The third-order valence-corrected chi connectivity index (χ3v) is 3.41. The lowest BCUT2D eigenvalue weighted by Crippen LogP contribution is -2.28. The first kappa shape index (κ1) is 14.4. The predicted octanol–water partition coefficient (Wildman–Crippen LogP) is 2.00. The number of amides is 1. The van der Waals surface area contributed by atoms with Gasteiger partial charge in [0.15, 0.2) is 0 Å². The molecule has 0 spiro atoms. The fourth-order valence-corrected chi connectivity index (χ4v) is 2.40. The Morgan fingerprint density at radius 3 is 2.95 bits per heavy atom. The van der Waals surface area contributed by atoms with E-state index in [-0.39, 0.29) is 5.91 Å². The molecular formula is C14H15ClN4O. The summed E-state index contributed by atoms with van der Waals surface area (Å²) in [5.74, 6) is 1.07. The smallest absolute Gasteiger partial charge is 0.242 e. The molecule has 2 rings (SSSR count). The van der Waals surface area contributed by atoms with Gasteiger partial charge in [-0.2, -0.15) is 5.26 Å². The summed E-state index contributed by atoms with van der Waals surface area (Å²) in [6.07, 6.45) is 0.569. The van der Waals surface area contributed by atoms with Gasteiger partial charge in [-0.3, -0.25) is 4.79 Å². The molecule has 1 atom stereocenters. The first-order chi connectivity index (χ1) is 9.62. The average Bonchev–Trinajstić information content (AvgIpc) is 2.82. The van der Waals surface area contributed by atoms with Crippen molar-refractivity contribution in [3.05, 3.63) is 29.6 Å². The molecule has 6 heteroatoms. The molecule has 0 fully saturated rings. The van der Waals surface area contributed by atoms with Crippen LogP contribution in [0.25, 0.3) is 11.0 Å². The van der Waals surface area contributed by atoms with Crippen molar-refractivity contribution < 1.29 is 4.79 Å². The van der Waals surface area contributed by atoms with Crippen molar-refractivity contribution >= 4 is 28.5 Å². The molecule has 104 valence electrons. The van der Waals surface area contributed by atoms with E-state index in [4.69, 9.17) is 16.9 Å². The van der Waals surface area contributed by atoms with Crippen LogP contribution in [0.2, 0.25) is 0 Å². The van der Waals surface area contributed by atoms with Crippen LogP contribution in [0.1, 0.15) is 24.4 Å². The van der Waals surface area contributed by atoms with Crippen molar-refractivity contribution in [1.82, 2.24) is 14.9 Å². The van der Waals surface area contributed by atoms with Gasteiger partial charge in [0, 0.05) is 19.3 Å². The average molecular weight is 291 g/mol. The third-order valence-electron chi connectivity index (χ3n) is 3.22. The van der Waals surface area contributed by atoms with Gasteiger partial charge < -0.3 is 9.88 Å². The second-order valence-corrected chi connectivity index (χ2v) is 4.82. The van der Waals surface area contributed by atoms with Gasteiger partial charge in [0.2, 0.25) is 5.91 Å². The molecule has 2 aromatic rings. The molecule has 0 saturated heterocycles. The number of halogens is 1. The van der Waals surface area contributed by atoms with E-state index in [1.807, 2.05) is 4.57 Å². The van der Waals surface area contributed by atoms with Gasteiger partial charge in [0.1, 0.15) is 11.9 Å². The molecule has 1 amide bonds. The molecule has 1 aromatic carbocycles. The van der Waals surface area contributed by atoms with Crippen LogP contribution in [-0.4, -0.2) is 28.4 Å². The van der Waals surface area contributed by atoms with Gasteiger partial charge in [-0.1, -0.05) is 0 Å². The molecule has 0 aliphatic heterocycles. The molecule has 20 heavy (non-hydrogen) atoms. The Labute approximate surface area is 122 Å². The molecule has 5 nitrogen and oxygen atoms in total. The Kier molecular flexibility index (Phi) is 4.26. The van der Waals surface area contributed by atoms with Gasteiger partial charge in [-0.25, -0.2) is 4.98 Å². The van der Waals surface area contributed by atoms with Gasteiger partial charge in [-0.15, -0.1) is 11.6 Å². The van der Waals surface area contributed by atoms with Gasteiger partial charge in [-0.05, 0) is 25.1 Å². The molecule has 0 radical (unpaired) electrons. The molecule has 0 aliphatic rings. The molecule has 1 unspecified atom stereocenters. The van der Waals surface area contributed by atoms with Crippen LogP contribution in [0.3, 0.4) is 0 Å². The standard InChI is InChI=1S/C14H15ClN4O/c1-9(14(20)17-2)19-12-7-10(8-16)3-4-11(12)18-13(19)5-6-15/h3-4,7,9H,5-6H2,1-2H3,(H,17,20). The first-order valence-corrected chi connectivity index (χ1v) is 6.84. The van der Waals surface area contributed by atoms with Crippen LogP contribution in [0.4, 0.5) is 0 Å². The highest BCUT2D eigenvalue weighted by Gasteiger charge is 2.20. The van der Waals surface area contributed by atoms with Crippen LogP contribution in [0, 0.1) is 11.3 Å². The van der Waals surface area contributed by atoms with Gasteiger partial charge in [0.25, 0.3) is 0 Å². The minimum absolute atomic E-state index is 0.109. The van der Waals surface area contributed by atoms with E-state index < -0.39 is 6.04 Å². The zero-order valence-electron chi connectivity index (χ0n) is 11.4. The van der Waals surface area contributed by atoms with Crippen molar-refractivity contribution in [2.24, 2.45) is 0 Å². The zero-order chi connectivity index (χ0) is 14.7. The van der Waals surface area contributed by atoms with Crippen molar-refractivity contribution in [2.45, 2.75) is 19.4 Å².